The van der Waals surface area contributed by atoms with Crippen molar-refractivity contribution in [2.45, 2.75) is 12.6 Å². The number of pyridine rings is 1. The van der Waals surface area contributed by atoms with Gasteiger partial charge >= 0.3 is 6.18 Å². The van der Waals surface area contributed by atoms with E-state index in [1.54, 1.807) is 35.7 Å². The van der Waals surface area contributed by atoms with Crippen molar-refractivity contribution < 1.29 is 18.0 Å². The standard InChI is InChI=1S/C27H19ClF3N5OS/c28-23-13-17(9-11-32-23)22-14-21-24(38-22)25(35-15-34-21)33-10-8-16-4-6-20(7-5-16)36-26(37)18-2-1-3-19(12-18)27(29,30)31/h1-7,9,11-15H,8,10H2,(H,36,37)(H,33,34,35). The van der Waals surface area contributed by atoms with E-state index in [1.165, 1.54) is 18.5 Å². The summed E-state index contributed by atoms with van der Waals surface area (Å²) >= 11 is 7.59. The summed E-state index contributed by atoms with van der Waals surface area (Å²) in [4.78, 5) is 26.2. The van der Waals surface area contributed by atoms with Gasteiger partial charge in [-0.05, 0) is 66.1 Å². The van der Waals surface area contributed by atoms with E-state index in [0.29, 0.717) is 23.8 Å². The average Bonchev–Trinajstić information content (AvgIpc) is 3.35. The number of aromatic nitrogens is 3. The second-order valence-corrected chi connectivity index (χ2v) is 9.76. The number of rotatable bonds is 7. The molecule has 2 aromatic carbocycles. The molecule has 11 heteroatoms. The molecule has 1 amide bonds. The summed E-state index contributed by atoms with van der Waals surface area (Å²) in [6.45, 7) is 0.608. The third kappa shape index (κ3) is 5.92. The molecule has 0 aliphatic heterocycles. The van der Waals surface area contributed by atoms with Crippen molar-refractivity contribution in [3.63, 3.8) is 0 Å². The van der Waals surface area contributed by atoms with Gasteiger partial charge in [0.2, 0.25) is 0 Å². The molecule has 38 heavy (non-hydrogen) atoms. The average molecular weight is 554 g/mol. The second kappa shape index (κ2) is 10.8. The van der Waals surface area contributed by atoms with E-state index in [0.717, 1.165) is 44.2 Å². The van der Waals surface area contributed by atoms with Crippen molar-refractivity contribution in [1.82, 2.24) is 15.0 Å². The number of thiophene rings is 1. The van der Waals surface area contributed by atoms with E-state index in [2.05, 4.69) is 25.6 Å². The van der Waals surface area contributed by atoms with Gasteiger partial charge in [0, 0.05) is 28.9 Å². The summed E-state index contributed by atoms with van der Waals surface area (Å²) in [6, 6.07) is 17.2. The van der Waals surface area contributed by atoms with Gasteiger partial charge < -0.3 is 10.6 Å². The summed E-state index contributed by atoms with van der Waals surface area (Å²) in [5.74, 6) is 0.124. The molecule has 5 rings (SSSR count). The third-order valence-corrected chi connectivity index (χ3v) is 7.08. The highest BCUT2D eigenvalue weighted by Crippen LogP contribution is 2.36. The lowest BCUT2D eigenvalue weighted by atomic mass is 10.1. The minimum atomic E-state index is -4.51. The Morgan fingerprint density at radius 2 is 1.79 bits per heavy atom. The number of hydrogen-bond acceptors (Lipinski definition) is 6. The number of nitrogens with one attached hydrogen (secondary N) is 2. The van der Waals surface area contributed by atoms with Gasteiger partial charge in [-0.25, -0.2) is 15.0 Å². The highest BCUT2D eigenvalue weighted by molar-refractivity contribution is 7.22. The number of alkyl halides is 3. The summed E-state index contributed by atoms with van der Waals surface area (Å²) in [5, 5.41) is 6.41. The fourth-order valence-corrected chi connectivity index (χ4v) is 5.05. The van der Waals surface area contributed by atoms with Crippen LogP contribution in [0.4, 0.5) is 24.7 Å². The van der Waals surface area contributed by atoms with Crippen LogP contribution in [-0.2, 0) is 12.6 Å². The van der Waals surface area contributed by atoms with Gasteiger partial charge in [-0.15, -0.1) is 11.3 Å². The van der Waals surface area contributed by atoms with Crippen LogP contribution in [0, 0.1) is 0 Å². The van der Waals surface area contributed by atoms with Crippen LogP contribution in [0.5, 0.6) is 0 Å². The fraction of sp³-hybridized carbons (Fsp3) is 0.111. The zero-order valence-electron chi connectivity index (χ0n) is 19.6. The van der Waals surface area contributed by atoms with Crippen molar-refractivity contribution in [2.24, 2.45) is 0 Å². The normalized spacial score (nSPS) is 11.5. The molecule has 0 radical (unpaired) electrons. The zero-order valence-corrected chi connectivity index (χ0v) is 21.2. The minimum absolute atomic E-state index is 0.0620. The van der Waals surface area contributed by atoms with Gasteiger partial charge in [0.1, 0.15) is 17.3 Å². The van der Waals surface area contributed by atoms with Crippen molar-refractivity contribution in [2.75, 3.05) is 17.2 Å². The van der Waals surface area contributed by atoms with Crippen LogP contribution < -0.4 is 10.6 Å². The maximum Gasteiger partial charge on any atom is 0.416 e. The molecule has 0 saturated heterocycles. The number of nitrogens with zero attached hydrogens (tertiary/aromatic N) is 3. The van der Waals surface area contributed by atoms with Crippen molar-refractivity contribution in [1.29, 1.82) is 0 Å². The van der Waals surface area contributed by atoms with Gasteiger partial charge in [0.25, 0.3) is 5.91 Å². The first-order chi connectivity index (χ1) is 18.3. The summed E-state index contributed by atoms with van der Waals surface area (Å²) < 4.78 is 39.7. The zero-order chi connectivity index (χ0) is 26.7. The molecule has 0 fully saturated rings. The molecular weight excluding hydrogens is 535 g/mol. The lowest BCUT2D eigenvalue weighted by Crippen LogP contribution is -2.14. The Kier molecular flexibility index (Phi) is 7.26. The smallest absolute Gasteiger partial charge is 0.368 e. The molecule has 0 aliphatic rings. The summed E-state index contributed by atoms with van der Waals surface area (Å²) in [6.07, 6.45) is -0.647. The number of hydrogen-bond donors (Lipinski definition) is 2. The van der Waals surface area contributed by atoms with Gasteiger partial charge in [-0.1, -0.05) is 29.8 Å². The molecule has 192 valence electrons. The lowest BCUT2D eigenvalue weighted by molar-refractivity contribution is -0.137. The van der Waals surface area contributed by atoms with Crippen molar-refractivity contribution in [3.05, 3.63) is 101 Å². The minimum Gasteiger partial charge on any atom is -0.368 e. The Hall–Kier alpha value is -4.02. The molecule has 0 bridgehead atoms. The predicted molar refractivity (Wildman–Crippen MR) is 144 cm³/mol. The van der Waals surface area contributed by atoms with Crippen molar-refractivity contribution >= 4 is 50.6 Å². The summed E-state index contributed by atoms with van der Waals surface area (Å²) in [5.41, 5.74) is 2.36. The quantitative estimate of drug-likeness (QED) is 0.206. The second-order valence-electron chi connectivity index (χ2n) is 8.32. The number of fused-ring (bicyclic) bond motifs is 1. The highest BCUT2D eigenvalue weighted by Gasteiger charge is 2.30. The topological polar surface area (TPSA) is 79.8 Å². The Balaban J connectivity index is 1.20. The van der Waals surface area contributed by atoms with Gasteiger partial charge in [0.05, 0.1) is 15.8 Å². The molecule has 2 N–H and O–H groups in total. The Morgan fingerprint density at radius 1 is 0.974 bits per heavy atom. The highest BCUT2D eigenvalue weighted by atomic mass is 35.5. The molecule has 5 aromatic rings. The number of benzene rings is 2. The predicted octanol–water partition coefficient (Wildman–Crippen LogP) is 7.33. The van der Waals surface area contributed by atoms with E-state index in [9.17, 15) is 18.0 Å². The molecule has 3 aromatic heterocycles. The Labute approximate surface area is 224 Å². The van der Waals surface area contributed by atoms with E-state index < -0.39 is 17.6 Å². The molecule has 0 saturated carbocycles. The Morgan fingerprint density at radius 3 is 2.55 bits per heavy atom. The third-order valence-electron chi connectivity index (χ3n) is 5.69. The maximum atomic E-state index is 12.9. The van der Waals surface area contributed by atoms with Crippen molar-refractivity contribution in [3.8, 4) is 10.4 Å². The monoisotopic (exact) mass is 553 g/mol. The van der Waals surface area contributed by atoms with Crippen LogP contribution >= 0.6 is 22.9 Å². The molecule has 3 heterocycles. The van der Waals surface area contributed by atoms with Crippen LogP contribution in [0.1, 0.15) is 21.5 Å². The number of anilines is 2. The van der Waals surface area contributed by atoms with Crippen LogP contribution in [0.25, 0.3) is 20.7 Å². The maximum absolute atomic E-state index is 12.9. The van der Waals surface area contributed by atoms with Gasteiger partial charge in [-0.2, -0.15) is 13.2 Å². The van der Waals surface area contributed by atoms with E-state index in [1.807, 2.05) is 24.3 Å². The van der Waals surface area contributed by atoms with Gasteiger partial charge in [0.15, 0.2) is 0 Å². The first-order valence-corrected chi connectivity index (χ1v) is 12.6. The largest absolute Gasteiger partial charge is 0.416 e. The van der Waals surface area contributed by atoms with E-state index in [4.69, 9.17) is 11.6 Å². The lowest BCUT2D eigenvalue weighted by Gasteiger charge is -2.10. The number of amides is 1. The fourth-order valence-electron chi connectivity index (χ4n) is 3.80. The number of halogens is 4. The SMILES string of the molecule is O=C(Nc1ccc(CCNc2ncnc3cc(-c4ccnc(Cl)c4)sc23)cc1)c1cccc(C(F)(F)F)c1. The van der Waals surface area contributed by atoms with Crippen LogP contribution in [0.15, 0.2) is 79.3 Å². The van der Waals surface area contributed by atoms with Crippen LogP contribution in [-0.4, -0.2) is 27.4 Å². The molecule has 0 unspecified atom stereocenters. The molecular formula is C27H19ClF3N5OS. The number of carbonyl (C=O) groups excluding carboxylic acids is 1. The molecule has 0 aliphatic carbocycles. The first-order valence-electron chi connectivity index (χ1n) is 11.4. The van der Waals surface area contributed by atoms with Crippen LogP contribution in [0.2, 0.25) is 5.15 Å². The van der Waals surface area contributed by atoms with E-state index >= 15 is 0 Å². The molecule has 6 nitrogen and oxygen atoms in total. The Bertz CT molecular complexity index is 1600. The number of carbonyl (C=O) groups is 1. The van der Waals surface area contributed by atoms with Crippen LogP contribution in [0.3, 0.4) is 0 Å². The molecule has 0 spiro atoms. The van der Waals surface area contributed by atoms with Gasteiger partial charge in [-0.3, -0.25) is 4.79 Å². The summed E-state index contributed by atoms with van der Waals surface area (Å²) in [7, 11) is 0. The first kappa shape index (κ1) is 25.6. The molecule has 0 atom stereocenters. The van der Waals surface area contributed by atoms with E-state index in [-0.39, 0.29) is 5.56 Å².